The van der Waals surface area contributed by atoms with E-state index in [1.165, 1.54) is 17.4 Å². The van der Waals surface area contributed by atoms with Gasteiger partial charge >= 0.3 is 0 Å². The molecule has 1 heterocycles. The molecular formula is C14H17N3O2S2. The first-order valence-electron chi connectivity index (χ1n) is 6.86. The molecule has 1 aromatic heterocycles. The lowest BCUT2D eigenvalue weighted by Crippen LogP contribution is -2.15. The molecule has 0 amide bonds. The van der Waals surface area contributed by atoms with Crippen molar-refractivity contribution in [3.8, 4) is 0 Å². The van der Waals surface area contributed by atoms with E-state index in [0.29, 0.717) is 23.2 Å². The lowest BCUT2D eigenvalue weighted by atomic mass is 10.1. The Labute approximate surface area is 128 Å². The van der Waals surface area contributed by atoms with Crippen molar-refractivity contribution in [2.24, 2.45) is 0 Å². The Morgan fingerprint density at radius 3 is 2.86 bits per heavy atom. The van der Waals surface area contributed by atoms with Gasteiger partial charge in [0, 0.05) is 17.0 Å². The Hall–Kier alpha value is -1.60. The number of hydrogen-bond donors (Lipinski definition) is 2. The molecule has 5 nitrogen and oxygen atoms in total. The van der Waals surface area contributed by atoms with Crippen molar-refractivity contribution in [1.29, 1.82) is 0 Å². The highest BCUT2D eigenvalue weighted by Gasteiger charge is 2.27. The highest BCUT2D eigenvalue weighted by Crippen LogP contribution is 2.41. The second-order valence-corrected chi connectivity index (χ2v) is 7.69. The normalized spacial score (nSPS) is 15.1. The summed E-state index contributed by atoms with van der Waals surface area (Å²) in [5.41, 5.74) is 7.89. The Balaban J connectivity index is 1.90. The lowest BCUT2D eigenvalue weighted by molar-refractivity contribution is 0.600. The molecule has 0 atom stereocenters. The maximum atomic E-state index is 12.5. The lowest BCUT2D eigenvalue weighted by Gasteiger charge is -2.10. The molecule has 1 aliphatic rings. The number of benzene rings is 1. The Kier molecular flexibility index (Phi) is 3.62. The molecule has 112 valence electrons. The number of nitrogens with two attached hydrogens (primary N) is 1. The highest BCUT2D eigenvalue weighted by molar-refractivity contribution is 7.93. The molecule has 0 radical (unpaired) electrons. The molecule has 1 fully saturated rings. The van der Waals surface area contributed by atoms with Crippen molar-refractivity contribution < 1.29 is 8.42 Å². The summed E-state index contributed by atoms with van der Waals surface area (Å²) in [5, 5.41) is 2.34. The van der Waals surface area contributed by atoms with E-state index < -0.39 is 10.0 Å². The van der Waals surface area contributed by atoms with E-state index in [9.17, 15) is 8.42 Å². The number of sulfonamides is 1. The Morgan fingerprint density at radius 1 is 1.43 bits per heavy atom. The minimum absolute atomic E-state index is 0.230. The molecule has 7 heteroatoms. The average Bonchev–Trinajstić information content (AvgIpc) is 3.20. The maximum absolute atomic E-state index is 12.5. The van der Waals surface area contributed by atoms with Gasteiger partial charge in [-0.05, 0) is 37.0 Å². The molecule has 21 heavy (non-hydrogen) atoms. The van der Waals surface area contributed by atoms with Crippen molar-refractivity contribution in [2.75, 3.05) is 10.5 Å². The van der Waals surface area contributed by atoms with Crippen LogP contribution in [-0.4, -0.2) is 13.4 Å². The van der Waals surface area contributed by atoms with Gasteiger partial charge in [-0.2, -0.15) is 0 Å². The predicted octanol–water partition coefficient (Wildman–Crippen LogP) is 2.97. The van der Waals surface area contributed by atoms with Crippen LogP contribution in [0.25, 0.3) is 0 Å². The van der Waals surface area contributed by atoms with E-state index in [4.69, 9.17) is 5.73 Å². The fourth-order valence-electron chi connectivity index (χ4n) is 2.18. The molecule has 2 aromatic rings. The van der Waals surface area contributed by atoms with Crippen LogP contribution in [0.3, 0.4) is 0 Å². The van der Waals surface area contributed by atoms with Crippen molar-refractivity contribution in [1.82, 2.24) is 4.98 Å². The van der Waals surface area contributed by atoms with Crippen LogP contribution in [-0.2, 0) is 16.4 Å². The first-order chi connectivity index (χ1) is 9.99. The number of aromatic nitrogens is 1. The molecule has 3 rings (SSSR count). The minimum atomic E-state index is -3.65. The summed E-state index contributed by atoms with van der Waals surface area (Å²) in [6.07, 6.45) is 2.91. The number of aryl methyl sites for hydroxylation is 1. The second-order valence-electron chi connectivity index (χ2n) is 5.18. The Bertz CT molecular complexity index is 764. The Morgan fingerprint density at radius 2 is 2.19 bits per heavy atom. The molecule has 0 aliphatic heterocycles. The molecule has 1 aromatic carbocycles. The SMILES string of the molecule is CCc1ccc(N)cc1S(=O)(=O)Nc1nc(C2CC2)cs1. The van der Waals surface area contributed by atoms with Gasteiger partial charge in [-0.25, -0.2) is 13.4 Å². The number of anilines is 2. The topological polar surface area (TPSA) is 85.1 Å². The summed E-state index contributed by atoms with van der Waals surface area (Å²) in [5.74, 6) is 0.512. The van der Waals surface area contributed by atoms with Crippen LogP contribution in [0.1, 0.15) is 36.9 Å². The molecule has 0 unspecified atom stereocenters. The van der Waals surface area contributed by atoms with E-state index in [-0.39, 0.29) is 4.90 Å². The zero-order valence-corrected chi connectivity index (χ0v) is 13.3. The van der Waals surface area contributed by atoms with Crippen LogP contribution in [0.2, 0.25) is 0 Å². The van der Waals surface area contributed by atoms with Gasteiger partial charge in [-0.1, -0.05) is 13.0 Å². The summed E-state index contributed by atoms with van der Waals surface area (Å²) in [4.78, 5) is 4.59. The largest absolute Gasteiger partial charge is 0.399 e. The number of rotatable bonds is 5. The number of nitrogens with one attached hydrogen (secondary N) is 1. The minimum Gasteiger partial charge on any atom is -0.399 e. The molecule has 3 N–H and O–H groups in total. The van der Waals surface area contributed by atoms with E-state index in [2.05, 4.69) is 9.71 Å². The van der Waals surface area contributed by atoms with Gasteiger partial charge in [0.25, 0.3) is 10.0 Å². The van der Waals surface area contributed by atoms with Crippen LogP contribution >= 0.6 is 11.3 Å². The third-order valence-electron chi connectivity index (χ3n) is 3.50. The van der Waals surface area contributed by atoms with Gasteiger partial charge in [-0.3, -0.25) is 4.72 Å². The van der Waals surface area contributed by atoms with E-state index >= 15 is 0 Å². The smallest absolute Gasteiger partial charge is 0.264 e. The van der Waals surface area contributed by atoms with E-state index in [0.717, 1.165) is 24.1 Å². The highest BCUT2D eigenvalue weighted by atomic mass is 32.2. The van der Waals surface area contributed by atoms with Crippen LogP contribution in [0, 0.1) is 0 Å². The van der Waals surface area contributed by atoms with Gasteiger partial charge in [0.1, 0.15) is 0 Å². The van der Waals surface area contributed by atoms with Crippen LogP contribution < -0.4 is 10.5 Å². The van der Waals surface area contributed by atoms with Crippen LogP contribution in [0.15, 0.2) is 28.5 Å². The molecule has 0 saturated heterocycles. The number of nitrogen functional groups attached to an aromatic ring is 1. The first kappa shape index (κ1) is 14.3. The van der Waals surface area contributed by atoms with Crippen LogP contribution in [0.4, 0.5) is 10.8 Å². The summed E-state index contributed by atoms with van der Waals surface area (Å²) in [6.45, 7) is 1.92. The van der Waals surface area contributed by atoms with Gasteiger partial charge in [0.2, 0.25) is 0 Å². The summed E-state index contributed by atoms with van der Waals surface area (Å²) < 4.78 is 27.6. The monoisotopic (exact) mass is 323 g/mol. The van der Waals surface area contributed by atoms with Gasteiger partial charge in [-0.15, -0.1) is 11.3 Å². The second kappa shape index (κ2) is 5.31. The number of nitrogens with zero attached hydrogens (tertiary/aromatic N) is 1. The number of hydrogen-bond acceptors (Lipinski definition) is 5. The van der Waals surface area contributed by atoms with Crippen molar-refractivity contribution in [3.63, 3.8) is 0 Å². The summed E-state index contributed by atoms with van der Waals surface area (Å²) in [6, 6.07) is 4.96. The zero-order chi connectivity index (χ0) is 15.0. The van der Waals surface area contributed by atoms with Crippen molar-refractivity contribution in [3.05, 3.63) is 34.8 Å². The van der Waals surface area contributed by atoms with Crippen molar-refractivity contribution in [2.45, 2.75) is 37.0 Å². The number of thiazole rings is 1. The van der Waals surface area contributed by atoms with Gasteiger partial charge in [0.15, 0.2) is 5.13 Å². The molecule has 1 saturated carbocycles. The van der Waals surface area contributed by atoms with E-state index in [1.54, 1.807) is 12.1 Å². The third-order valence-corrected chi connectivity index (χ3v) is 5.83. The summed E-state index contributed by atoms with van der Waals surface area (Å²) >= 11 is 1.32. The zero-order valence-electron chi connectivity index (χ0n) is 11.7. The van der Waals surface area contributed by atoms with Crippen LogP contribution in [0.5, 0.6) is 0 Å². The quantitative estimate of drug-likeness (QED) is 0.828. The third kappa shape index (κ3) is 3.03. The average molecular weight is 323 g/mol. The van der Waals surface area contributed by atoms with Crippen molar-refractivity contribution >= 4 is 32.2 Å². The molecular weight excluding hydrogens is 306 g/mol. The first-order valence-corrected chi connectivity index (χ1v) is 9.22. The molecule has 1 aliphatic carbocycles. The maximum Gasteiger partial charge on any atom is 0.264 e. The standard InChI is InChI=1S/C14H17N3O2S2/c1-2-9-5-6-11(15)7-13(9)21(18,19)17-14-16-12(8-20-14)10-3-4-10/h5-8,10H,2-4,15H2,1H3,(H,16,17). The summed E-state index contributed by atoms with van der Waals surface area (Å²) in [7, 11) is -3.65. The molecule has 0 spiro atoms. The van der Waals surface area contributed by atoms with Gasteiger partial charge < -0.3 is 5.73 Å². The van der Waals surface area contributed by atoms with Gasteiger partial charge in [0.05, 0.1) is 10.6 Å². The predicted molar refractivity (Wildman–Crippen MR) is 85.1 cm³/mol. The fourth-order valence-corrected chi connectivity index (χ4v) is 4.57. The van der Waals surface area contributed by atoms with E-state index in [1.807, 2.05) is 12.3 Å². The fraction of sp³-hybridized carbons (Fsp3) is 0.357. The molecule has 0 bridgehead atoms.